The topological polar surface area (TPSA) is 597 Å². The van der Waals surface area contributed by atoms with Crippen molar-refractivity contribution < 1.29 is 169 Å². The second-order valence-electron chi connectivity index (χ2n) is 17.7. The number of hydrogen-bond acceptors (Lipinski definition) is 32. The van der Waals surface area contributed by atoms with E-state index in [9.17, 15) is 130 Å². The van der Waals surface area contributed by atoms with E-state index >= 15 is 0 Å². The van der Waals surface area contributed by atoms with Crippen LogP contribution in [0.25, 0.3) is 0 Å². The Kier molecular flexibility index (Phi) is 17.7. The van der Waals surface area contributed by atoms with E-state index in [-0.39, 0.29) is 0 Å². The average molecular weight is 1250 g/mol. The van der Waals surface area contributed by atoms with Gasteiger partial charge in [0.15, 0.2) is 103 Å². The van der Waals surface area contributed by atoms with Crippen LogP contribution in [-0.2, 0) is 0 Å². The molecule has 20 N–H and O–H groups in total. The van der Waals surface area contributed by atoms with Gasteiger partial charge in [0, 0.05) is 0 Å². The summed E-state index contributed by atoms with van der Waals surface area (Å²) in [5.41, 5.74) is -4.79. The molecule has 0 atom stereocenters. The van der Waals surface area contributed by atoms with E-state index in [1.165, 1.54) is 0 Å². The molecule has 0 aromatic heterocycles. The molecule has 0 heterocycles. The number of hydrogen-bond donors (Lipinski definition) is 20. The number of carboxylic acids is 2. The minimum Gasteiger partial charge on any atom is -0.504 e. The van der Waals surface area contributed by atoms with Gasteiger partial charge in [-0.3, -0.25) is 0 Å². The second kappa shape index (κ2) is 25.0. The van der Waals surface area contributed by atoms with E-state index in [1.54, 1.807) is 0 Å². The lowest BCUT2D eigenvalue weighted by atomic mass is 10.1. The van der Waals surface area contributed by atoms with Crippen LogP contribution in [0.15, 0.2) is 97.1 Å². The quantitative estimate of drug-likeness (QED) is 0.0395. The fourth-order valence-corrected chi connectivity index (χ4v) is 7.14. The molecule has 8 rings (SSSR count). The lowest BCUT2D eigenvalue weighted by Gasteiger charge is -2.13. The van der Waals surface area contributed by atoms with Gasteiger partial charge in [0.2, 0.25) is 34.5 Å². The first-order valence-corrected chi connectivity index (χ1v) is 23.8. The predicted octanol–water partition coefficient (Wildman–Crippen LogP) is 4.79. The number of carbonyl (C=O) groups is 8. The number of aromatic carboxylic acids is 2. The van der Waals surface area contributed by atoms with Crippen LogP contribution in [0.5, 0.6) is 138 Å². The van der Waals surface area contributed by atoms with Crippen LogP contribution in [0.1, 0.15) is 82.9 Å². The maximum Gasteiger partial charge on any atom is 0.343 e. The largest absolute Gasteiger partial charge is 0.504 e. The van der Waals surface area contributed by atoms with Gasteiger partial charge in [-0.2, -0.15) is 0 Å². The Labute approximate surface area is 495 Å². The molecule has 90 heavy (non-hydrogen) atoms. The molecule has 0 aliphatic rings. The van der Waals surface area contributed by atoms with Gasteiger partial charge in [-0.15, -0.1) is 0 Å². The molecule has 0 aliphatic heterocycles. The van der Waals surface area contributed by atoms with Crippen molar-refractivity contribution in [3.05, 3.63) is 142 Å². The summed E-state index contributed by atoms with van der Waals surface area (Å²) in [5.74, 6) is -34.4. The molecule has 34 heteroatoms. The highest BCUT2D eigenvalue weighted by Gasteiger charge is 2.28. The third kappa shape index (κ3) is 13.6. The molecule has 0 saturated carbocycles. The zero-order valence-corrected chi connectivity index (χ0v) is 43.9. The second-order valence-corrected chi connectivity index (χ2v) is 17.7. The smallest absolute Gasteiger partial charge is 0.343 e. The van der Waals surface area contributed by atoms with Crippen molar-refractivity contribution in [2.75, 3.05) is 0 Å². The molecular weight excluding hydrogens is 1220 g/mol. The SMILES string of the molecule is O=C(O)c1cc(O)c(O)c(OC(=O)c2cc(O)c(O)c(OC(=O)c3cc(O)c(O)c(O)c3)c2)c1.O=C(O)c1cc(O)c(O)c(OC(=O)c2cc(O)c(O)c(OC(=O)c3cc(O)c(O)c(OC(=O)c4cc(O)c(O)c(OC(=O)c5cc(O)c(O)c(O)c5)c4)c3)c2)c1. The van der Waals surface area contributed by atoms with Gasteiger partial charge in [0.25, 0.3) is 0 Å². The normalized spacial score (nSPS) is 10.6. The molecule has 464 valence electrons. The van der Waals surface area contributed by atoms with E-state index in [1.807, 2.05) is 0 Å². The average Bonchev–Trinajstić information content (AvgIpc) is 1.21. The fourth-order valence-electron chi connectivity index (χ4n) is 7.14. The van der Waals surface area contributed by atoms with Crippen LogP contribution in [0.4, 0.5) is 0 Å². The molecule has 0 fully saturated rings. The molecular formula is C56H36O34. The van der Waals surface area contributed by atoms with Crippen molar-refractivity contribution in [3.8, 4) is 138 Å². The van der Waals surface area contributed by atoms with Gasteiger partial charge < -0.3 is 131 Å². The first-order chi connectivity index (χ1) is 42.1. The Bertz CT molecular complexity index is 4330. The number of aromatic hydroxyl groups is 18. The first-order valence-electron chi connectivity index (χ1n) is 23.8. The van der Waals surface area contributed by atoms with Crippen molar-refractivity contribution in [2.24, 2.45) is 0 Å². The van der Waals surface area contributed by atoms with Crippen molar-refractivity contribution >= 4 is 47.8 Å². The van der Waals surface area contributed by atoms with Crippen LogP contribution in [0.3, 0.4) is 0 Å². The number of carbonyl (C=O) groups excluding carboxylic acids is 6. The highest BCUT2D eigenvalue weighted by molar-refractivity contribution is 6.00. The number of esters is 6. The molecule has 0 spiro atoms. The van der Waals surface area contributed by atoms with E-state index in [0.29, 0.717) is 72.8 Å². The Morgan fingerprint density at radius 1 is 0.189 bits per heavy atom. The third-order valence-electron chi connectivity index (χ3n) is 11.6. The van der Waals surface area contributed by atoms with Gasteiger partial charge in [0.1, 0.15) is 0 Å². The molecule has 0 aliphatic carbocycles. The Balaban J connectivity index is 0.000000289. The molecule has 0 saturated heterocycles. The number of phenolic OH excluding ortho intramolecular Hbond substituents is 18. The summed E-state index contributed by atoms with van der Waals surface area (Å²) in [6, 6.07) is 10.8. The van der Waals surface area contributed by atoms with Crippen molar-refractivity contribution in [2.45, 2.75) is 0 Å². The summed E-state index contributed by atoms with van der Waals surface area (Å²) in [7, 11) is 0. The summed E-state index contributed by atoms with van der Waals surface area (Å²) < 4.78 is 29.6. The van der Waals surface area contributed by atoms with Crippen LogP contribution >= 0.6 is 0 Å². The number of carboxylic acid groups (broad SMARTS) is 2. The van der Waals surface area contributed by atoms with Gasteiger partial charge in [-0.25, -0.2) is 38.4 Å². The molecule has 8 aromatic carbocycles. The molecule has 0 unspecified atom stereocenters. The molecule has 8 aromatic rings. The van der Waals surface area contributed by atoms with Crippen LogP contribution in [0, 0.1) is 0 Å². The van der Waals surface area contributed by atoms with Gasteiger partial charge in [-0.05, 0) is 97.1 Å². The fraction of sp³-hybridized carbons (Fsp3) is 0. The Morgan fingerprint density at radius 3 is 0.467 bits per heavy atom. The Morgan fingerprint density at radius 2 is 0.311 bits per heavy atom. The number of phenols is 18. The Hall–Kier alpha value is -14.1. The number of benzene rings is 8. The standard InChI is InChI=1S/C35H22O21.C21H14O13/c36-16-2-12(3-17(37)26(16)42)32(49)54-23-8-14(5-19(39)28(23)44)34(51)56-25-10-15(6-21(41)30(25)46)35(52)55-24-9-13(4-20(40)29(24)45)33(50)53-22-7-11(31(47)48)1-18(38)27(22)43;22-10-2-8(3-11(23)16(10)26)20(31)34-15-6-9(4-13(25)18(15)28)21(32)33-14-5-7(19(29)30)1-12(24)17(14)27/h1-10,36-46H,(H,47,48);1-6,22-28H,(H,29,30). The molecule has 0 radical (unpaired) electrons. The lowest BCUT2D eigenvalue weighted by Crippen LogP contribution is -2.13. The molecule has 0 bridgehead atoms. The van der Waals surface area contributed by atoms with Crippen LogP contribution in [-0.4, -0.2) is 150 Å². The molecule has 34 nitrogen and oxygen atoms in total. The zero-order chi connectivity index (χ0) is 66.7. The summed E-state index contributed by atoms with van der Waals surface area (Å²) in [6.07, 6.45) is 0. The van der Waals surface area contributed by atoms with Crippen LogP contribution in [0.2, 0.25) is 0 Å². The monoisotopic (exact) mass is 1250 g/mol. The van der Waals surface area contributed by atoms with Crippen molar-refractivity contribution in [3.63, 3.8) is 0 Å². The minimum absolute atomic E-state index is 0.481. The van der Waals surface area contributed by atoms with Gasteiger partial charge in [0.05, 0.1) is 44.5 Å². The summed E-state index contributed by atoms with van der Waals surface area (Å²) in [6.45, 7) is 0. The van der Waals surface area contributed by atoms with E-state index in [0.717, 1.165) is 24.3 Å². The van der Waals surface area contributed by atoms with Crippen molar-refractivity contribution in [1.29, 1.82) is 0 Å². The number of ether oxygens (including phenoxy) is 6. The third-order valence-corrected chi connectivity index (χ3v) is 11.6. The van der Waals surface area contributed by atoms with E-state index in [4.69, 9.17) is 38.6 Å². The minimum atomic E-state index is -1.57. The maximum absolute atomic E-state index is 13.1. The predicted molar refractivity (Wildman–Crippen MR) is 285 cm³/mol. The summed E-state index contributed by atoms with van der Waals surface area (Å²) in [4.78, 5) is 98.6. The summed E-state index contributed by atoms with van der Waals surface area (Å²) in [5, 5.41) is 196. The highest BCUT2D eigenvalue weighted by Crippen LogP contribution is 2.45. The van der Waals surface area contributed by atoms with E-state index < -0.39 is 230 Å². The zero-order valence-electron chi connectivity index (χ0n) is 43.9. The summed E-state index contributed by atoms with van der Waals surface area (Å²) >= 11 is 0. The van der Waals surface area contributed by atoms with Crippen LogP contribution < -0.4 is 28.4 Å². The first kappa shape index (κ1) is 63.5. The molecule has 0 amide bonds. The van der Waals surface area contributed by atoms with Gasteiger partial charge in [-0.1, -0.05) is 0 Å². The number of rotatable bonds is 14. The van der Waals surface area contributed by atoms with E-state index in [2.05, 4.69) is 0 Å². The van der Waals surface area contributed by atoms with Crippen molar-refractivity contribution in [1.82, 2.24) is 0 Å². The maximum atomic E-state index is 13.1. The lowest BCUT2D eigenvalue weighted by molar-refractivity contribution is 0.0681. The highest BCUT2D eigenvalue weighted by atomic mass is 16.6. The van der Waals surface area contributed by atoms with Gasteiger partial charge >= 0.3 is 47.8 Å².